The topological polar surface area (TPSA) is 54.4 Å². The summed E-state index contributed by atoms with van der Waals surface area (Å²) in [7, 11) is 0. The number of carboxylic acid groups (broad SMARTS) is 1. The zero-order chi connectivity index (χ0) is 16.1. The fraction of sp³-hybridized carbons (Fsp3) is 0.222. The van der Waals surface area contributed by atoms with E-state index < -0.39 is 11.9 Å². The van der Waals surface area contributed by atoms with Gasteiger partial charge >= 0.3 is 5.97 Å². The van der Waals surface area contributed by atoms with Crippen LogP contribution < -0.4 is 0 Å². The highest BCUT2D eigenvalue weighted by atomic mass is 32.2. The minimum Gasteiger partial charge on any atom is -0.481 e. The number of carbonyl (C=O) groups excluding carboxylic acids is 1. The maximum absolute atomic E-state index is 11.1. The molecule has 0 saturated heterocycles. The Morgan fingerprint density at radius 1 is 1.23 bits per heavy atom. The molecule has 0 aliphatic heterocycles. The number of aryl methyl sites for hydroxylation is 1. The van der Waals surface area contributed by atoms with Crippen molar-refractivity contribution in [1.82, 2.24) is 0 Å². The number of aldehydes is 1. The quantitative estimate of drug-likeness (QED) is 0.816. The van der Waals surface area contributed by atoms with Crippen LogP contribution in [-0.2, 0) is 16.0 Å². The third-order valence-electron chi connectivity index (χ3n) is 3.57. The van der Waals surface area contributed by atoms with Crippen LogP contribution in [0.5, 0.6) is 0 Å². The molecule has 0 saturated carbocycles. The van der Waals surface area contributed by atoms with Gasteiger partial charge in [-0.3, -0.25) is 4.79 Å². The van der Waals surface area contributed by atoms with Gasteiger partial charge in [-0.25, -0.2) is 0 Å². The van der Waals surface area contributed by atoms with Gasteiger partial charge in [0, 0.05) is 16.2 Å². The molecule has 22 heavy (non-hydrogen) atoms. The molecule has 0 radical (unpaired) electrons. The van der Waals surface area contributed by atoms with Gasteiger partial charge in [0.15, 0.2) is 0 Å². The van der Waals surface area contributed by atoms with Crippen molar-refractivity contribution in [3.63, 3.8) is 0 Å². The number of aliphatic carboxylic acids is 1. The first-order valence-corrected chi connectivity index (χ1v) is 7.87. The van der Waals surface area contributed by atoms with Gasteiger partial charge < -0.3 is 9.90 Å². The van der Waals surface area contributed by atoms with Gasteiger partial charge in [-0.1, -0.05) is 42.1 Å². The van der Waals surface area contributed by atoms with Crippen molar-refractivity contribution >= 4 is 24.0 Å². The molecule has 0 spiro atoms. The molecule has 2 aromatic carbocycles. The summed E-state index contributed by atoms with van der Waals surface area (Å²) in [5.74, 6) is -1.45. The normalized spacial score (nSPS) is 11.9. The van der Waals surface area contributed by atoms with Crippen LogP contribution in [0.4, 0.5) is 0 Å². The van der Waals surface area contributed by atoms with Gasteiger partial charge in [-0.2, -0.15) is 0 Å². The van der Waals surface area contributed by atoms with Crippen LogP contribution in [0.3, 0.4) is 0 Å². The van der Waals surface area contributed by atoms with Crippen LogP contribution in [0.2, 0.25) is 0 Å². The standard InChI is InChI=1S/C18H18O3S/c1-12-5-3-4-6-16(12)22-17-8-7-14(13(2)18(20)21)11-15(17)9-10-19/h3-8,10-11,13H,9H2,1-2H3,(H,20,21). The average Bonchev–Trinajstić information content (AvgIpc) is 2.50. The summed E-state index contributed by atoms with van der Waals surface area (Å²) in [6.45, 7) is 3.69. The summed E-state index contributed by atoms with van der Waals surface area (Å²) in [4.78, 5) is 24.2. The van der Waals surface area contributed by atoms with E-state index in [1.54, 1.807) is 18.7 Å². The molecule has 0 heterocycles. The second kappa shape index (κ2) is 7.27. The first kappa shape index (κ1) is 16.3. The molecule has 3 nitrogen and oxygen atoms in total. The SMILES string of the molecule is Cc1ccccc1Sc1ccc(C(C)C(=O)O)cc1CC=O. The van der Waals surface area contributed by atoms with E-state index in [0.29, 0.717) is 0 Å². The minimum absolute atomic E-state index is 0.286. The summed E-state index contributed by atoms with van der Waals surface area (Å²) in [6.07, 6.45) is 1.14. The van der Waals surface area contributed by atoms with Crippen LogP contribution in [-0.4, -0.2) is 17.4 Å². The summed E-state index contributed by atoms with van der Waals surface area (Å²) in [5, 5.41) is 9.12. The zero-order valence-corrected chi connectivity index (χ0v) is 13.4. The lowest BCUT2D eigenvalue weighted by atomic mass is 9.98. The Morgan fingerprint density at radius 2 is 1.95 bits per heavy atom. The molecule has 0 bridgehead atoms. The molecular formula is C18H18O3S. The third-order valence-corrected chi connectivity index (χ3v) is 4.87. The van der Waals surface area contributed by atoms with Crippen molar-refractivity contribution in [2.24, 2.45) is 0 Å². The Kier molecular flexibility index (Phi) is 5.39. The second-order valence-electron chi connectivity index (χ2n) is 5.17. The number of rotatable bonds is 6. The Bertz CT molecular complexity index is 694. The Labute approximate surface area is 134 Å². The third kappa shape index (κ3) is 3.77. The molecule has 1 atom stereocenters. The molecule has 1 N–H and O–H groups in total. The van der Waals surface area contributed by atoms with Gasteiger partial charge in [-0.15, -0.1) is 0 Å². The molecule has 1 unspecified atom stereocenters. The van der Waals surface area contributed by atoms with Gasteiger partial charge in [0.1, 0.15) is 6.29 Å². The van der Waals surface area contributed by atoms with Crippen LogP contribution in [0.1, 0.15) is 29.5 Å². The number of carbonyl (C=O) groups is 2. The highest BCUT2D eigenvalue weighted by Gasteiger charge is 2.16. The molecule has 0 aliphatic rings. The van der Waals surface area contributed by atoms with E-state index in [2.05, 4.69) is 0 Å². The molecule has 114 valence electrons. The molecule has 4 heteroatoms. The minimum atomic E-state index is -0.864. The predicted molar refractivity (Wildman–Crippen MR) is 87.6 cm³/mol. The van der Waals surface area contributed by atoms with Crippen molar-refractivity contribution in [2.75, 3.05) is 0 Å². The summed E-state index contributed by atoms with van der Waals surface area (Å²) in [5.41, 5.74) is 2.76. The number of carboxylic acids is 1. The van der Waals surface area contributed by atoms with Gasteiger partial charge in [0.05, 0.1) is 5.92 Å². The number of benzene rings is 2. The van der Waals surface area contributed by atoms with Gasteiger partial charge in [-0.05, 0) is 42.7 Å². The molecule has 0 amide bonds. The monoisotopic (exact) mass is 314 g/mol. The van der Waals surface area contributed by atoms with Gasteiger partial charge in [0.25, 0.3) is 0 Å². The fourth-order valence-corrected chi connectivity index (χ4v) is 3.17. The van der Waals surface area contributed by atoms with E-state index in [9.17, 15) is 9.59 Å². The van der Waals surface area contributed by atoms with Crippen LogP contribution in [0.25, 0.3) is 0 Å². The van der Waals surface area contributed by atoms with E-state index in [-0.39, 0.29) is 6.42 Å². The lowest BCUT2D eigenvalue weighted by Crippen LogP contribution is -2.08. The molecular weight excluding hydrogens is 296 g/mol. The summed E-state index contributed by atoms with van der Waals surface area (Å²) in [6, 6.07) is 13.6. The Hall–Kier alpha value is -2.07. The Morgan fingerprint density at radius 3 is 2.59 bits per heavy atom. The van der Waals surface area contributed by atoms with Crippen LogP contribution >= 0.6 is 11.8 Å². The van der Waals surface area contributed by atoms with Crippen molar-refractivity contribution in [3.05, 3.63) is 59.2 Å². The molecule has 0 fully saturated rings. The second-order valence-corrected chi connectivity index (χ2v) is 6.25. The van der Waals surface area contributed by atoms with Gasteiger partial charge in [0.2, 0.25) is 0 Å². The van der Waals surface area contributed by atoms with E-state index in [0.717, 1.165) is 27.2 Å². The Balaban J connectivity index is 2.37. The number of hydrogen-bond acceptors (Lipinski definition) is 3. The first-order chi connectivity index (χ1) is 10.5. The highest BCUT2D eigenvalue weighted by molar-refractivity contribution is 7.99. The average molecular weight is 314 g/mol. The lowest BCUT2D eigenvalue weighted by molar-refractivity contribution is -0.138. The zero-order valence-electron chi connectivity index (χ0n) is 12.6. The van der Waals surface area contributed by atoms with E-state index >= 15 is 0 Å². The van der Waals surface area contributed by atoms with Crippen molar-refractivity contribution in [2.45, 2.75) is 36.0 Å². The summed E-state index contributed by atoms with van der Waals surface area (Å²) >= 11 is 1.60. The smallest absolute Gasteiger partial charge is 0.310 e. The maximum Gasteiger partial charge on any atom is 0.310 e. The molecule has 0 aromatic heterocycles. The van der Waals surface area contributed by atoms with Crippen LogP contribution in [0, 0.1) is 6.92 Å². The molecule has 2 aromatic rings. The van der Waals surface area contributed by atoms with Crippen molar-refractivity contribution in [1.29, 1.82) is 0 Å². The highest BCUT2D eigenvalue weighted by Crippen LogP contribution is 2.34. The van der Waals surface area contributed by atoms with Crippen LogP contribution in [0.15, 0.2) is 52.3 Å². The predicted octanol–water partition coefficient (Wildman–Crippen LogP) is 4.08. The van der Waals surface area contributed by atoms with E-state index in [4.69, 9.17) is 5.11 Å². The summed E-state index contributed by atoms with van der Waals surface area (Å²) < 4.78 is 0. The maximum atomic E-state index is 11.1. The largest absolute Gasteiger partial charge is 0.481 e. The van der Waals surface area contributed by atoms with E-state index in [1.165, 1.54) is 5.56 Å². The fourth-order valence-electron chi connectivity index (χ4n) is 2.15. The molecule has 0 aliphatic carbocycles. The first-order valence-electron chi connectivity index (χ1n) is 7.05. The molecule has 2 rings (SSSR count). The number of hydrogen-bond donors (Lipinski definition) is 1. The van der Waals surface area contributed by atoms with E-state index in [1.807, 2.05) is 49.4 Å². The van der Waals surface area contributed by atoms with Crippen molar-refractivity contribution in [3.8, 4) is 0 Å². The lowest BCUT2D eigenvalue weighted by Gasteiger charge is -2.13. The van der Waals surface area contributed by atoms with Crippen molar-refractivity contribution < 1.29 is 14.7 Å².